The van der Waals surface area contributed by atoms with Gasteiger partial charge in [0.05, 0.1) is 4.90 Å². The topological polar surface area (TPSA) is 63.4 Å². The van der Waals surface area contributed by atoms with Crippen LogP contribution in [0.2, 0.25) is 0 Å². The standard InChI is InChI=1S/C16H17BrN2O2S/c1-11-8-13-9-15(22(18,20)21)6-7-16(13)19(11)10-12-2-4-14(17)5-3-12/h2-7,9,11H,8,10H2,1H3,(H2,18,20,21)/t11-/m0/s1. The molecule has 0 unspecified atom stereocenters. The number of hydrogen-bond donors (Lipinski definition) is 1. The second kappa shape index (κ2) is 5.68. The first-order chi connectivity index (χ1) is 10.3. The van der Waals surface area contributed by atoms with E-state index in [0.29, 0.717) is 6.04 Å². The summed E-state index contributed by atoms with van der Waals surface area (Å²) in [6.07, 6.45) is 0.829. The van der Waals surface area contributed by atoms with Crippen molar-refractivity contribution < 1.29 is 8.42 Å². The summed E-state index contributed by atoms with van der Waals surface area (Å²) in [5.74, 6) is 0. The predicted molar refractivity (Wildman–Crippen MR) is 91.3 cm³/mol. The molecule has 3 rings (SSSR count). The molecule has 4 nitrogen and oxygen atoms in total. The maximum atomic E-state index is 11.5. The van der Waals surface area contributed by atoms with Crippen LogP contribution in [0.4, 0.5) is 5.69 Å². The number of nitrogens with two attached hydrogens (primary N) is 1. The zero-order valence-corrected chi connectivity index (χ0v) is 14.6. The Kier molecular flexibility index (Phi) is 4.01. The summed E-state index contributed by atoms with van der Waals surface area (Å²) in [5, 5.41) is 5.21. The predicted octanol–water partition coefficient (Wildman–Crippen LogP) is 3.05. The average molecular weight is 381 g/mol. The maximum absolute atomic E-state index is 11.5. The van der Waals surface area contributed by atoms with Gasteiger partial charge in [0.15, 0.2) is 0 Å². The van der Waals surface area contributed by atoms with Crippen molar-refractivity contribution in [2.75, 3.05) is 4.90 Å². The van der Waals surface area contributed by atoms with Gasteiger partial charge in [0.2, 0.25) is 10.0 Å². The Bertz CT molecular complexity index is 803. The lowest BCUT2D eigenvalue weighted by Crippen LogP contribution is -2.28. The lowest BCUT2D eigenvalue weighted by Gasteiger charge is -2.25. The van der Waals surface area contributed by atoms with E-state index in [1.807, 2.05) is 18.2 Å². The molecule has 1 aliphatic heterocycles. The van der Waals surface area contributed by atoms with Crippen LogP contribution in [0.5, 0.6) is 0 Å². The lowest BCUT2D eigenvalue weighted by atomic mass is 10.1. The largest absolute Gasteiger partial charge is 0.364 e. The van der Waals surface area contributed by atoms with Crippen molar-refractivity contribution in [3.05, 3.63) is 58.1 Å². The molecule has 2 N–H and O–H groups in total. The van der Waals surface area contributed by atoms with Gasteiger partial charge in [0.1, 0.15) is 0 Å². The molecule has 0 amide bonds. The Hall–Kier alpha value is -1.37. The molecule has 2 aromatic rings. The van der Waals surface area contributed by atoms with E-state index in [4.69, 9.17) is 5.14 Å². The van der Waals surface area contributed by atoms with Crippen LogP contribution < -0.4 is 10.0 Å². The number of benzene rings is 2. The molecular weight excluding hydrogens is 364 g/mol. The summed E-state index contributed by atoms with van der Waals surface area (Å²) in [6.45, 7) is 2.95. The molecule has 0 aromatic heterocycles. The molecule has 0 saturated heterocycles. The van der Waals surface area contributed by atoms with Gasteiger partial charge in [-0.2, -0.15) is 0 Å². The van der Waals surface area contributed by atoms with Crippen LogP contribution in [0, 0.1) is 0 Å². The minimum atomic E-state index is -3.65. The van der Waals surface area contributed by atoms with Gasteiger partial charge in [-0.05, 0) is 54.8 Å². The van der Waals surface area contributed by atoms with Gasteiger partial charge in [-0.15, -0.1) is 0 Å². The van der Waals surface area contributed by atoms with Crippen LogP contribution >= 0.6 is 15.9 Å². The third kappa shape index (κ3) is 3.04. The van der Waals surface area contributed by atoms with Crippen LogP contribution in [0.1, 0.15) is 18.1 Å². The van der Waals surface area contributed by atoms with E-state index in [1.165, 1.54) is 5.56 Å². The molecule has 0 radical (unpaired) electrons. The van der Waals surface area contributed by atoms with Crippen molar-refractivity contribution in [3.8, 4) is 0 Å². The highest BCUT2D eigenvalue weighted by molar-refractivity contribution is 9.10. The van der Waals surface area contributed by atoms with Crippen molar-refractivity contribution in [1.82, 2.24) is 0 Å². The SMILES string of the molecule is C[C@H]1Cc2cc(S(N)(=O)=O)ccc2N1Cc1ccc(Br)cc1. The number of primary sulfonamides is 1. The van der Waals surface area contributed by atoms with E-state index < -0.39 is 10.0 Å². The van der Waals surface area contributed by atoms with Gasteiger partial charge in [-0.1, -0.05) is 28.1 Å². The van der Waals surface area contributed by atoms with Gasteiger partial charge < -0.3 is 4.90 Å². The molecule has 0 bridgehead atoms. The Morgan fingerprint density at radius 3 is 2.55 bits per heavy atom. The zero-order valence-electron chi connectivity index (χ0n) is 12.2. The van der Waals surface area contributed by atoms with Gasteiger partial charge in [0.25, 0.3) is 0 Å². The highest BCUT2D eigenvalue weighted by atomic mass is 79.9. The summed E-state index contributed by atoms with van der Waals surface area (Å²) in [4.78, 5) is 2.48. The second-order valence-electron chi connectivity index (χ2n) is 5.64. The minimum Gasteiger partial charge on any atom is -0.364 e. The van der Waals surface area contributed by atoms with Crippen molar-refractivity contribution in [1.29, 1.82) is 0 Å². The Balaban J connectivity index is 1.91. The minimum absolute atomic E-state index is 0.184. The van der Waals surface area contributed by atoms with Crippen molar-refractivity contribution in [2.45, 2.75) is 30.8 Å². The van der Waals surface area contributed by atoms with E-state index in [-0.39, 0.29) is 4.90 Å². The quantitative estimate of drug-likeness (QED) is 0.889. The number of fused-ring (bicyclic) bond motifs is 1. The first kappa shape index (κ1) is 15.5. The van der Waals surface area contributed by atoms with Crippen molar-refractivity contribution in [3.63, 3.8) is 0 Å². The average Bonchev–Trinajstić information content (AvgIpc) is 2.76. The Morgan fingerprint density at radius 2 is 1.91 bits per heavy atom. The molecule has 116 valence electrons. The molecule has 1 aliphatic rings. The van der Waals surface area contributed by atoms with Crippen LogP contribution in [0.3, 0.4) is 0 Å². The van der Waals surface area contributed by atoms with Crippen LogP contribution in [0.25, 0.3) is 0 Å². The number of halogens is 1. The summed E-state index contributed by atoms with van der Waals surface area (Å²) in [6, 6.07) is 13.7. The third-order valence-corrected chi connectivity index (χ3v) is 5.44. The normalized spacial score (nSPS) is 17.6. The molecule has 6 heteroatoms. The first-order valence-electron chi connectivity index (χ1n) is 7.01. The van der Waals surface area contributed by atoms with Gasteiger partial charge in [-0.25, -0.2) is 13.6 Å². The maximum Gasteiger partial charge on any atom is 0.238 e. The van der Waals surface area contributed by atoms with E-state index in [0.717, 1.165) is 28.7 Å². The molecule has 0 aliphatic carbocycles. The van der Waals surface area contributed by atoms with Crippen LogP contribution in [-0.4, -0.2) is 14.5 Å². The van der Waals surface area contributed by atoms with E-state index in [9.17, 15) is 8.42 Å². The second-order valence-corrected chi connectivity index (χ2v) is 8.12. The molecule has 0 spiro atoms. The number of anilines is 1. The van der Waals surface area contributed by atoms with Gasteiger partial charge in [-0.3, -0.25) is 0 Å². The lowest BCUT2D eigenvalue weighted by molar-refractivity contribution is 0.597. The smallest absolute Gasteiger partial charge is 0.238 e. The van der Waals surface area contributed by atoms with Crippen LogP contribution in [-0.2, 0) is 23.0 Å². The summed E-state index contributed by atoms with van der Waals surface area (Å²) in [5.41, 5.74) is 3.34. The van der Waals surface area contributed by atoms with Crippen molar-refractivity contribution in [2.24, 2.45) is 5.14 Å². The van der Waals surface area contributed by atoms with Crippen molar-refractivity contribution >= 4 is 31.6 Å². The van der Waals surface area contributed by atoms with Crippen LogP contribution in [0.15, 0.2) is 51.8 Å². The first-order valence-corrected chi connectivity index (χ1v) is 9.35. The molecule has 0 saturated carbocycles. The monoisotopic (exact) mass is 380 g/mol. The summed E-state index contributed by atoms with van der Waals surface area (Å²) >= 11 is 3.44. The zero-order chi connectivity index (χ0) is 15.9. The number of hydrogen-bond acceptors (Lipinski definition) is 3. The van der Waals surface area contributed by atoms with E-state index >= 15 is 0 Å². The summed E-state index contributed by atoms with van der Waals surface area (Å²) in [7, 11) is -3.65. The third-order valence-electron chi connectivity index (χ3n) is 4.00. The number of sulfonamides is 1. The highest BCUT2D eigenvalue weighted by Crippen LogP contribution is 2.34. The summed E-state index contributed by atoms with van der Waals surface area (Å²) < 4.78 is 24.0. The molecule has 0 fully saturated rings. The van der Waals surface area contributed by atoms with Gasteiger partial charge >= 0.3 is 0 Å². The molecule has 1 heterocycles. The molecular formula is C16H17BrN2O2S. The molecule has 1 atom stereocenters. The van der Waals surface area contributed by atoms with E-state index in [1.54, 1.807) is 12.1 Å². The molecule has 2 aromatic carbocycles. The Labute approximate surface area is 139 Å². The van der Waals surface area contributed by atoms with Gasteiger partial charge in [0, 0.05) is 22.7 Å². The number of rotatable bonds is 3. The fourth-order valence-electron chi connectivity index (χ4n) is 2.88. The highest BCUT2D eigenvalue weighted by Gasteiger charge is 2.27. The molecule has 22 heavy (non-hydrogen) atoms. The fraction of sp³-hybridized carbons (Fsp3) is 0.250. The van der Waals surface area contributed by atoms with E-state index in [2.05, 4.69) is 39.9 Å². The Morgan fingerprint density at radius 1 is 1.23 bits per heavy atom. The fourth-order valence-corrected chi connectivity index (χ4v) is 3.70. The number of nitrogens with zero attached hydrogens (tertiary/aromatic N) is 1.